The zero-order chi connectivity index (χ0) is 16.8. The minimum Gasteiger partial charge on any atom is -0.484 e. The van der Waals surface area contributed by atoms with Crippen molar-refractivity contribution in [1.29, 1.82) is 0 Å². The van der Waals surface area contributed by atoms with Gasteiger partial charge in [0.1, 0.15) is 12.0 Å². The third-order valence-corrected chi connectivity index (χ3v) is 4.08. The summed E-state index contributed by atoms with van der Waals surface area (Å²) in [6.45, 7) is 2.33. The molecule has 3 rings (SSSR count). The number of methoxy groups -OCH3 is 1. The Morgan fingerprint density at radius 2 is 2.21 bits per heavy atom. The fraction of sp³-hybridized carbons (Fsp3) is 0.444. The van der Waals surface area contributed by atoms with Gasteiger partial charge in [-0.25, -0.2) is 4.98 Å². The number of aromatic nitrogens is 1. The molecule has 1 atom stereocenters. The van der Waals surface area contributed by atoms with Crippen LogP contribution in [0.1, 0.15) is 29.2 Å². The van der Waals surface area contributed by atoms with Crippen molar-refractivity contribution in [1.82, 2.24) is 9.88 Å². The molecule has 24 heavy (non-hydrogen) atoms. The summed E-state index contributed by atoms with van der Waals surface area (Å²) in [5, 5.41) is 0. The van der Waals surface area contributed by atoms with E-state index in [0.29, 0.717) is 30.7 Å². The number of carbonyl (C=O) groups is 1. The summed E-state index contributed by atoms with van der Waals surface area (Å²) >= 11 is 0. The summed E-state index contributed by atoms with van der Waals surface area (Å²) in [6, 6.07) is 9.43. The number of carbonyl (C=O) groups excluding carboxylic acids is 1. The van der Waals surface area contributed by atoms with Gasteiger partial charge in [-0.1, -0.05) is 18.2 Å². The Balaban J connectivity index is 1.57. The predicted octanol–water partition coefficient (Wildman–Crippen LogP) is 2.75. The summed E-state index contributed by atoms with van der Waals surface area (Å²) in [5.74, 6) is 1.43. The first-order valence-electron chi connectivity index (χ1n) is 8.16. The lowest BCUT2D eigenvalue weighted by Crippen LogP contribution is -2.41. The molecule has 1 fully saturated rings. The maximum atomic E-state index is 12.6. The number of oxazole rings is 1. The first kappa shape index (κ1) is 16.5. The highest BCUT2D eigenvalue weighted by molar-refractivity contribution is 5.92. The molecule has 0 radical (unpaired) electrons. The lowest BCUT2D eigenvalue weighted by molar-refractivity contribution is 0.0565. The topological polar surface area (TPSA) is 64.8 Å². The smallest absolute Gasteiger partial charge is 0.275 e. The first-order valence-corrected chi connectivity index (χ1v) is 8.16. The molecular formula is C18H22N2O4. The van der Waals surface area contributed by atoms with Crippen molar-refractivity contribution >= 4 is 5.91 Å². The van der Waals surface area contributed by atoms with Crippen LogP contribution in [0.4, 0.5) is 0 Å². The van der Waals surface area contributed by atoms with Gasteiger partial charge in [-0.3, -0.25) is 4.79 Å². The maximum Gasteiger partial charge on any atom is 0.275 e. The summed E-state index contributed by atoms with van der Waals surface area (Å²) in [5.41, 5.74) is 0.333. The molecule has 128 valence electrons. The monoisotopic (exact) mass is 330 g/mol. The molecule has 1 aliphatic rings. The average molecular weight is 330 g/mol. The predicted molar refractivity (Wildman–Crippen MR) is 87.8 cm³/mol. The summed E-state index contributed by atoms with van der Waals surface area (Å²) < 4.78 is 16.2. The summed E-state index contributed by atoms with van der Waals surface area (Å²) in [7, 11) is 1.69. The lowest BCUT2D eigenvalue weighted by Gasteiger charge is -2.31. The SMILES string of the molecule is COC[C@H]1CCCN(C(=O)c2coc(COc3ccccc3)n2)C1. The number of nitrogens with zero attached hydrogens (tertiary/aromatic N) is 2. The van der Waals surface area contributed by atoms with Crippen molar-refractivity contribution in [3.8, 4) is 5.75 Å². The van der Waals surface area contributed by atoms with E-state index < -0.39 is 0 Å². The fourth-order valence-corrected chi connectivity index (χ4v) is 2.92. The Bertz CT molecular complexity index is 654. The highest BCUT2D eigenvalue weighted by Crippen LogP contribution is 2.19. The molecule has 1 aromatic heterocycles. The number of hydrogen-bond acceptors (Lipinski definition) is 5. The second-order valence-corrected chi connectivity index (χ2v) is 5.94. The van der Waals surface area contributed by atoms with E-state index in [9.17, 15) is 4.79 Å². The largest absolute Gasteiger partial charge is 0.484 e. The molecule has 1 aliphatic heterocycles. The van der Waals surface area contributed by atoms with Crippen LogP contribution in [0.25, 0.3) is 0 Å². The van der Waals surface area contributed by atoms with Gasteiger partial charge in [0, 0.05) is 20.2 Å². The van der Waals surface area contributed by atoms with Gasteiger partial charge in [0.05, 0.1) is 6.61 Å². The van der Waals surface area contributed by atoms with Crippen molar-refractivity contribution < 1.29 is 18.7 Å². The van der Waals surface area contributed by atoms with Gasteiger partial charge >= 0.3 is 0 Å². The zero-order valence-corrected chi connectivity index (χ0v) is 13.8. The number of rotatable bonds is 6. The van der Waals surface area contributed by atoms with Gasteiger partial charge in [0.2, 0.25) is 5.89 Å². The number of ether oxygens (including phenoxy) is 2. The Hall–Kier alpha value is -2.34. The van der Waals surface area contributed by atoms with Gasteiger partial charge in [0.25, 0.3) is 5.91 Å². The number of hydrogen-bond donors (Lipinski definition) is 0. The van der Waals surface area contributed by atoms with Crippen molar-refractivity contribution in [2.24, 2.45) is 5.92 Å². The quantitative estimate of drug-likeness (QED) is 0.815. The molecule has 0 aliphatic carbocycles. The van der Waals surface area contributed by atoms with Crippen LogP contribution in [0.5, 0.6) is 5.75 Å². The third kappa shape index (κ3) is 4.14. The van der Waals surface area contributed by atoms with E-state index >= 15 is 0 Å². The van der Waals surface area contributed by atoms with Crippen LogP contribution in [0.15, 0.2) is 41.0 Å². The molecule has 2 heterocycles. The number of piperidine rings is 1. The molecule has 0 N–H and O–H groups in total. The van der Waals surface area contributed by atoms with E-state index in [1.165, 1.54) is 6.26 Å². The molecule has 6 heteroatoms. The number of benzene rings is 1. The summed E-state index contributed by atoms with van der Waals surface area (Å²) in [4.78, 5) is 18.6. The molecule has 1 amide bonds. The van der Waals surface area contributed by atoms with Crippen LogP contribution in [-0.2, 0) is 11.3 Å². The maximum absolute atomic E-state index is 12.6. The van der Waals surface area contributed by atoms with Crippen molar-refractivity contribution in [3.63, 3.8) is 0 Å². The normalized spacial score (nSPS) is 17.7. The second-order valence-electron chi connectivity index (χ2n) is 5.94. The molecule has 0 saturated carbocycles. The van der Waals surface area contributed by atoms with E-state index in [2.05, 4.69) is 4.98 Å². The molecule has 2 aromatic rings. The van der Waals surface area contributed by atoms with Crippen LogP contribution in [0, 0.1) is 5.92 Å². The van der Waals surface area contributed by atoms with Gasteiger partial charge in [0.15, 0.2) is 12.3 Å². The Morgan fingerprint density at radius 3 is 3.00 bits per heavy atom. The number of amides is 1. The standard InChI is InChI=1S/C18H22N2O4/c1-22-11-14-6-5-9-20(10-14)18(21)16-12-24-17(19-16)13-23-15-7-3-2-4-8-15/h2-4,7-8,12,14H,5-6,9-11,13H2,1H3/t14-/m0/s1. The molecule has 6 nitrogen and oxygen atoms in total. The van der Waals surface area contributed by atoms with Gasteiger partial charge in [-0.15, -0.1) is 0 Å². The van der Waals surface area contributed by atoms with Gasteiger partial charge in [-0.05, 0) is 30.9 Å². The number of likely N-dealkylation sites (tertiary alicyclic amines) is 1. The Labute approximate surface area is 141 Å². The molecule has 0 spiro atoms. The highest BCUT2D eigenvalue weighted by atomic mass is 16.5. The highest BCUT2D eigenvalue weighted by Gasteiger charge is 2.26. The van der Waals surface area contributed by atoms with Gasteiger partial charge in [-0.2, -0.15) is 0 Å². The second kappa shape index (κ2) is 7.97. The molecule has 0 unspecified atom stereocenters. The van der Waals surface area contributed by atoms with Crippen LogP contribution in [0.2, 0.25) is 0 Å². The third-order valence-electron chi connectivity index (χ3n) is 4.08. The lowest BCUT2D eigenvalue weighted by atomic mass is 9.99. The van der Waals surface area contributed by atoms with Crippen LogP contribution in [-0.4, -0.2) is 42.6 Å². The molecule has 1 saturated heterocycles. The molecular weight excluding hydrogens is 308 g/mol. The minimum atomic E-state index is -0.0921. The summed E-state index contributed by atoms with van der Waals surface area (Å²) in [6.07, 6.45) is 3.49. The van der Waals surface area contributed by atoms with E-state index in [-0.39, 0.29) is 12.5 Å². The van der Waals surface area contributed by atoms with E-state index in [1.54, 1.807) is 7.11 Å². The Morgan fingerprint density at radius 1 is 1.38 bits per heavy atom. The van der Waals surface area contributed by atoms with Crippen LogP contribution >= 0.6 is 0 Å². The minimum absolute atomic E-state index is 0.0921. The first-order chi connectivity index (χ1) is 11.8. The fourth-order valence-electron chi connectivity index (χ4n) is 2.92. The van der Waals surface area contributed by atoms with Crippen LogP contribution < -0.4 is 4.74 Å². The van der Waals surface area contributed by atoms with Gasteiger partial charge < -0.3 is 18.8 Å². The van der Waals surface area contributed by atoms with E-state index in [4.69, 9.17) is 13.9 Å². The molecule has 1 aromatic carbocycles. The van der Waals surface area contributed by atoms with Crippen molar-refractivity contribution in [2.45, 2.75) is 19.4 Å². The van der Waals surface area contributed by atoms with Crippen molar-refractivity contribution in [3.05, 3.63) is 48.2 Å². The van der Waals surface area contributed by atoms with Crippen molar-refractivity contribution in [2.75, 3.05) is 26.8 Å². The van der Waals surface area contributed by atoms with E-state index in [0.717, 1.165) is 25.1 Å². The number of para-hydroxylation sites is 1. The Kier molecular flexibility index (Phi) is 5.48. The zero-order valence-electron chi connectivity index (χ0n) is 13.8. The molecule has 0 bridgehead atoms. The van der Waals surface area contributed by atoms with E-state index in [1.807, 2.05) is 35.2 Å². The van der Waals surface area contributed by atoms with Crippen LogP contribution in [0.3, 0.4) is 0 Å². The average Bonchev–Trinajstić information content (AvgIpc) is 3.10.